The quantitative estimate of drug-likeness (QED) is 0.899. The standard InChI is InChI=1S/C14H14F2N2/c1-10-4-2-6-12(18-10)9-17-8-11-5-3-7-13(15)14(11)16/h2-7,17H,8-9H2,1H3. The minimum atomic E-state index is -0.817. The molecule has 0 aliphatic heterocycles. The van der Waals surface area contributed by atoms with Crippen LogP contribution in [-0.4, -0.2) is 4.98 Å². The highest BCUT2D eigenvalue weighted by molar-refractivity contribution is 5.19. The maximum atomic E-state index is 13.4. The van der Waals surface area contributed by atoms with Crippen LogP contribution in [0.2, 0.25) is 0 Å². The van der Waals surface area contributed by atoms with Crippen LogP contribution >= 0.6 is 0 Å². The van der Waals surface area contributed by atoms with Crippen LogP contribution in [0.25, 0.3) is 0 Å². The summed E-state index contributed by atoms with van der Waals surface area (Å²) in [5.74, 6) is -1.61. The van der Waals surface area contributed by atoms with Crippen LogP contribution in [0.4, 0.5) is 8.78 Å². The normalized spacial score (nSPS) is 10.6. The monoisotopic (exact) mass is 248 g/mol. The molecule has 1 heterocycles. The summed E-state index contributed by atoms with van der Waals surface area (Å²) < 4.78 is 26.3. The molecule has 0 bridgehead atoms. The van der Waals surface area contributed by atoms with Crippen molar-refractivity contribution < 1.29 is 8.78 Å². The van der Waals surface area contributed by atoms with Gasteiger partial charge in [0.15, 0.2) is 11.6 Å². The fraction of sp³-hybridized carbons (Fsp3) is 0.214. The smallest absolute Gasteiger partial charge is 0.163 e. The Morgan fingerprint density at radius 3 is 2.61 bits per heavy atom. The first-order valence-corrected chi connectivity index (χ1v) is 5.73. The van der Waals surface area contributed by atoms with Crippen molar-refractivity contribution in [1.82, 2.24) is 10.3 Å². The molecule has 0 radical (unpaired) electrons. The second kappa shape index (κ2) is 5.69. The Balaban J connectivity index is 1.94. The maximum absolute atomic E-state index is 13.4. The van der Waals surface area contributed by atoms with Crippen molar-refractivity contribution in [2.75, 3.05) is 0 Å². The molecule has 0 atom stereocenters. The molecule has 0 fully saturated rings. The largest absolute Gasteiger partial charge is 0.307 e. The topological polar surface area (TPSA) is 24.9 Å². The molecule has 2 rings (SSSR count). The molecule has 0 saturated heterocycles. The summed E-state index contributed by atoms with van der Waals surface area (Å²) in [5.41, 5.74) is 2.14. The van der Waals surface area contributed by atoms with Crippen LogP contribution in [0.1, 0.15) is 17.0 Å². The first kappa shape index (κ1) is 12.6. The second-order valence-corrected chi connectivity index (χ2v) is 4.09. The summed E-state index contributed by atoms with van der Waals surface area (Å²) in [6, 6.07) is 9.90. The highest BCUT2D eigenvalue weighted by atomic mass is 19.2. The van der Waals surface area contributed by atoms with Gasteiger partial charge < -0.3 is 5.32 Å². The lowest BCUT2D eigenvalue weighted by atomic mass is 10.2. The van der Waals surface area contributed by atoms with Gasteiger partial charge in [0.2, 0.25) is 0 Å². The Kier molecular flexibility index (Phi) is 3.99. The van der Waals surface area contributed by atoms with E-state index in [0.717, 1.165) is 17.5 Å². The Morgan fingerprint density at radius 2 is 1.83 bits per heavy atom. The second-order valence-electron chi connectivity index (χ2n) is 4.09. The molecule has 4 heteroatoms. The lowest BCUT2D eigenvalue weighted by Crippen LogP contribution is -2.15. The molecule has 18 heavy (non-hydrogen) atoms. The van der Waals surface area contributed by atoms with Crippen molar-refractivity contribution in [1.29, 1.82) is 0 Å². The molecule has 94 valence electrons. The van der Waals surface area contributed by atoms with Crippen molar-refractivity contribution in [2.24, 2.45) is 0 Å². The summed E-state index contributed by atoms with van der Waals surface area (Å²) >= 11 is 0. The lowest BCUT2D eigenvalue weighted by molar-refractivity contribution is 0.492. The summed E-state index contributed by atoms with van der Waals surface area (Å²) in [5, 5.41) is 3.04. The molecular formula is C14H14F2N2. The zero-order valence-electron chi connectivity index (χ0n) is 10.1. The van der Waals surface area contributed by atoms with Crippen LogP contribution < -0.4 is 5.32 Å². The average molecular weight is 248 g/mol. The fourth-order valence-electron chi connectivity index (χ4n) is 1.71. The number of pyridine rings is 1. The number of nitrogens with one attached hydrogen (secondary N) is 1. The molecule has 0 saturated carbocycles. The maximum Gasteiger partial charge on any atom is 0.163 e. The third kappa shape index (κ3) is 3.11. The highest BCUT2D eigenvalue weighted by Crippen LogP contribution is 2.11. The predicted molar refractivity (Wildman–Crippen MR) is 65.9 cm³/mol. The van der Waals surface area contributed by atoms with E-state index >= 15 is 0 Å². The number of halogens is 2. The summed E-state index contributed by atoms with van der Waals surface area (Å²) in [6.07, 6.45) is 0. The molecule has 0 aliphatic rings. The van der Waals surface area contributed by atoms with Gasteiger partial charge in [-0.05, 0) is 25.1 Å². The summed E-state index contributed by atoms with van der Waals surface area (Å²) in [4.78, 5) is 4.31. The van der Waals surface area contributed by atoms with Crippen molar-refractivity contribution in [3.05, 3.63) is 65.0 Å². The molecule has 0 unspecified atom stereocenters. The van der Waals surface area contributed by atoms with Gasteiger partial charge in [0.05, 0.1) is 5.69 Å². The third-order valence-corrected chi connectivity index (χ3v) is 2.60. The van der Waals surface area contributed by atoms with Crippen LogP contribution in [0.15, 0.2) is 36.4 Å². The van der Waals surface area contributed by atoms with Gasteiger partial charge in [-0.1, -0.05) is 18.2 Å². The van der Waals surface area contributed by atoms with E-state index in [2.05, 4.69) is 10.3 Å². The van der Waals surface area contributed by atoms with Gasteiger partial charge >= 0.3 is 0 Å². The Hall–Kier alpha value is -1.81. The minimum Gasteiger partial charge on any atom is -0.307 e. The Labute approximate surface area is 105 Å². The van der Waals surface area contributed by atoms with Crippen molar-refractivity contribution in [3.8, 4) is 0 Å². The summed E-state index contributed by atoms with van der Waals surface area (Å²) in [6.45, 7) is 2.71. The minimum absolute atomic E-state index is 0.277. The molecule has 1 aromatic carbocycles. The lowest BCUT2D eigenvalue weighted by Gasteiger charge is -2.06. The summed E-state index contributed by atoms with van der Waals surface area (Å²) in [7, 11) is 0. The van der Waals surface area contributed by atoms with Gasteiger partial charge in [-0.15, -0.1) is 0 Å². The van der Waals surface area contributed by atoms with Gasteiger partial charge in [-0.3, -0.25) is 4.98 Å². The van der Waals surface area contributed by atoms with Crippen LogP contribution in [0.5, 0.6) is 0 Å². The van der Waals surface area contributed by atoms with Gasteiger partial charge in [0, 0.05) is 24.3 Å². The number of hydrogen-bond donors (Lipinski definition) is 1. The van der Waals surface area contributed by atoms with Gasteiger partial charge in [-0.25, -0.2) is 8.78 Å². The number of rotatable bonds is 4. The number of hydrogen-bond acceptors (Lipinski definition) is 2. The molecule has 2 nitrogen and oxygen atoms in total. The molecule has 1 N–H and O–H groups in total. The van der Waals surface area contributed by atoms with E-state index in [1.807, 2.05) is 25.1 Å². The average Bonchev–Trinajstić information content (AvgIpc) is 2.35. The molecule has 0 amide bonds. The van der Waals surface area contributed by atoms with E-state index in [1.54, 1.807) is 6.07 Å². The zero-order valence-corrected chi connectivity index (χ0v) is 10.1. The van der Waals surface area contributed by atoms with Crippen LogP contribution in [0.3, 0.4) is 0 Å². The van der Waals surface area contributed by atoms with Crippen molar-refractivity contribution in [3.63, 3.8) is 0 Å². The van der Waals surface area contributed by atoms with E-state index in [9.17, 15) is 8.78 Å². The number of benzene rings is 1. The molecule has 1 aromatic heterocycles. The van der Waals surface area contributed by atoms with Gasteiger partial charge in [-0.2, -0.15) is 0 Å². The third-order valence-electron chi connectivity index (χ3n) is 2.60. The van der Waals surface area contributed by atoms with Crippen LogP contribution in [0, 0.1) is 18.6 Å². The predicted octanol–water partition coefficient (Wildman–Crippen LogP) is 2.96. The molecular weight excluding hydrogens is 234 g/mol. The van der Waals surface area contributed by atoms with Crippen molar-refractivity contribution in [2.45, 2.75) is 20.0 Å². The van der Waals surface area contributed by atoms with Gasteiger partial charge in [0.25, 0.3) is 0 Å². The number of aromatic nitrogens is 1. The Bertz CT molecular complexity index is 541. The van der Waals surface area contributed by atoms with Crippen molar-refractivity contribution >= 4 is 0 Å². The van der Waals surface area contributed by atoms with E-state index in [4.69, 9.17) is 0 Å². The number of nitrogens with zero attached hydrogens (tertiary/aromatic N) is 1. The van der Waals surface area contributed by atoms with E-state index in [1.165, 1.54) is 6.07 Å². The molecule has 0 spiro atoms. The molecule has 2 aromatic rings. The fourth-order valence-corrected chi connectivity index (χ4v) is 1.71. The Morgan fingerprint density at radius 1 is 1.06 bits per heavy atom. The van der Waals surface area contributed by atoms with E-state index < -0.39 is 11.6 Å². The number of aryl methyl sites for hydroxylation is 1. The highest BCUT2D eigenvalue weighted by Gasteiger charge is 2.06. The van der Waals surface area contributed by atoms with Gasteiger partial charge in [0.1, 0.15) is 0 Å². The molecule has 0 aliphatic carbocycles. The first-order valence-electron chi connectivity index (χ1n) is 5.73. The van der Waals surface area contributed by atoms with E-state index in [-0.39, 0.29) is 6.54 Å². The van der Waals surface area contributed by atoms with Crippen LogP contribution in [-0.2, 0) is 13.1 Å². The van der Waals surface area contributed by atoms with E-state index in [0.29, 0.717) is 12.1 Å². The first-order chi connectivity index (χ1) is 8.66. The zero-order chi connectivity index (χ0) is 13.0. The SMILES string of the molecule is Cc1cccc(CNCc2cccc(F)c2F)n1.